The quantitative estimate of drug-likeness (QED) is 0.927. The van der Waals surface area contributed by atoms with Crippen LogP contribution in [0.5, 0.6) is 0 Å². The van der Waals surface area contributed by atoms with Crippen LogP contribution in [0.4, 0.5) is 0 Å². The highest BCUT2D eigenvalue weighted by Gasteiger charge is 2.22. The van der Waals surface area contributed by atoms with Gasteiger partial charge in [-0.05, 0) is 42.9 Å². The van der Waals surface area contributed by atoms with Gasteiger partial charge in [0.2, 0.25) is 5.91 Å². The van der Waals surface area contributed by atoms with Crippen LogP contribution in [0.1, 0.15) is 24.8 Å². The van der Waals surface area contributed by atoms with Gasteiger partial charge in [0, 0.05) is 36.2 Å². The van der Waals surface area contributed by atoms with Crippen LogP contribution < -0.4 is 0 Å². The van der Waals surface area contributed by atoms with E-state index in [1.54, 1.807) is 12.1 Å². The summed E-state index contributed by atoms with van der Waals surface area (Å²) in [5.74, 6) is 0.362. The number of likely N-dealkylation sites (tertiary alicyclic amines) is 1. The van der Waals surface area contributed by atoms with Crippen molar-refractivity contribution in [1.29, 1.82) is 0 Å². The van der Waals surface area contributed by atoms with E-state index in [1.165, 1.54) is 0 Å². The van der Waals surface area contributed by atoms with Gasteiger partial charge in [0.15, 0.2) is 0 Å². The lowest BCUT2D eigenvalue weighted by atomic mass is 9.98. The molecule has 1 saturated heterocycles. The molecule has 2 rings (SSSR count). The molecule has 1 unspecified atom stereocenters. The van der Waals surface area contributed by atoms with Crippen LogP contribution in [0.15, 0.2) is 18.2 Å². The van der Waals surface area contributed by atoms with E-state index in [0.717, 1.165) is 24.9 Å². The third kappa shape index (κ3) is 4.11. The minimum atomic E-state index is 0.133. The van der Waals surface area contributed by atoms with Crippen LogP contribution in [0.3, 0.4) is 0 Å². The van der Waals surface area contributed by atoms with Crippen molar-refractivity contribution in [1.82, 2.24) is 4.90 Å². The molecule has 20 heavy (non-hydrogen) atoms. The fourth-order valence-corrected chi connectivity index (χ4v) is 3.07. The van der Waals surface area contributed by atoms with E-state index in [-0.39, 0.29) is 18.4 Å². The van der Waals surface area contributed by atoms with E-state index in [4.69, 9.17) is 23.2 Å². The molecular formula is C15H19Cl2NO2. The number of carbonyl (C=O) groups excluding carboxylic acids is 1. The van der Waals surface area contributed by atoms with Gasteiger partial charge in [-0.3, -0.25) is 4.79 Å². The summed E-state index contributed by atoms with van der Waals surface area (Å²) in [6, 6.07) is 5.35. The zero-order valence-electron chi connectivity index (χ0n) is 11.3. The Bertz CT molecular complexity index is 479. The lowest BCUT2D eigenvalue weighted by Gasteiger charge is -2.32. The minimum absolute atomic E-state index is 0.133. The van der Waals surface area contributed by atoms with E-state index in [9.17, 15) is 9.90 Å². The van der Waals surface area contributed by atoms with Gasteiger partial charge in [-0.25, -0.2) is 0 Å². The first-order chi connectivity index (χ1) is 9.60. The predicted molar refractivity (Wildman–Crippen MR) is 81.2 cm³/mol. The fourth-order valence-electron chi connectivity index (χ4n) is 2.56. The van der Waals surface area contributed by atoms with Crippen molar-refractivity contribution in [3.05, 3.63) is 33.8 Å². The number of aliphatic hydroxyl groups is 1. The monoisotopic (exact) mass is 315 g/mol. The molecule has 0 aromatic heterocycles. The zero-order valence-corrected chi connectivity index (χ0v) is 12.8. The Labute approximate surface area is 129 Å². The summed E-state index contributed by atoms with van der Waals surface area (Å²) in [4.78, 5) is 14.0. The summed E-state index contributed by atoms with van der Waals surface area (Å²) in [5.41, 5.74) is 0.945. The number of carbonyl (C=O) groups is 1. The lowest BCUT2D eigenvalue weighted by Crippen LogP contribution is -2.41. The first-order valence-electron chi connectivity index (χ1n) is 6.92. The third-order valence-electron chi connectivity index (χ3n) is 3.75. The Morgan fingerprint density at radius 2 is 2.20 bits per heavy atom. The number of aliphatic hydroxyl groups excluding tert-OH is 1. The van der Waals surface area contributed by atoms with Gasteiger partial charge in [0.1, 0.15) is 0 Å². The maximum Gasteiger partial charge on any atom is 0.222 e. The summed E-state index contributed by atoms with van der Waals surface area (Å²) < 4.78 is 0. The highest BCUT2D eigenvalue weighted by atomic mass is 35.5. The van der Waals surface area contributed by atoms with Crippen LogP contribution in [0, 0.1) is 5.92 Å². The van der Waals surface area contributed by atoms with Crippen molar-refractivity contribution in [2.75, 3.05) is 19.7 Å². The molecule has 1 heterocycles. The molecule has 1 aliphatic rings. The molecule has 0 radical (unpaired) electrons. The van der Waals surface area contributed by atoms with Crippen molar-refractivity contribution < 1.29 is 9.90 Å². The fraction of sp³-hybridized carbons (Fsp3) is 0.533. The zero-order chi connectivity index (χ0) is 14.5. The SMILES string of the molecule is O=C(CCc1ccc(Cl)cc1Cl)N1CCCC(CO)C1. The molecule has 1 fully saturated rings. The van der Waals surface area contributed by atoms with Crippen LogP contribution in [0.25, 0.3) is 0 Å². The van der Waals surface area contributed by atoms with Gasteiger partial charge >= 0.3 is 0 Å². The van der Waals surface area contributed by atoms with Crippen molar-refractivity contribution in [2.45, 2.75) is 25.7 Å². The van der Waals surface area contributed by atoms with E-state index in [0.29, 0.717) is 29.4 Å². The van der Waals surface area contributed by atoms with E-state index in [2.05, 4.69) is 0 Å². The summed E-state index contributed by atoms with van der Waals surface area (Å²) in [6.07, 6.45) is 3.04. The Kier molecular flexibility index (Phi) is 5.70. The Hall–Kier alpha value is -0.770. The van der Waals surface area contributed by atoms with Crippen LogP contribution in [0.2, 0.25) is 10.0 Å². The van der Waals surface area contributed by atoms with Crippen molar-refractivity contribution in [2.24, 2.45) is 5.92 Å². The summed E-state index contributed by atoms with van der Waals surface area (Å²) in [7, 11) is 0. The molecule has 0 spiro atoms. The van der Waals surface area contributed by atoms with E-state index in [1.807, 2.05) is 11.0 Å². The van der Waals surface area contributed by atoms with Gasteiger partial charge in [0.25, 0.3) is 0 Å². The van der Waals surface area contributed by atoms with Crippen molar-refractivity contribution in [3.63, 3.8) is 0 Å². The molecule has 1 aromatic rings. The van der Waals surface area contributed by atoms with Crippen LogP contribution in [-0.4, -0.2) is 35.6 Å². The highest BCUT2D eigenvalue weighted by Crippen LogP contribution is 2.23. The summed E-state index contributed by atoms with van der Waals surface area (Å²) in [6.45, 7) is 1.63. The molecule has 1 aliphatic heterocycles. The molecule has 3 nitrogen and oxygen atoms in total. The number of rotatable bonds is 4. The molecule has 0 saturated carbocycles. The molecule has 0 bridgehead atoms. The van der Waals surface area contributed by atoms with Crippen LogP contribution in [-0.2, 0) is 11.2 Å². The number of halogens is 2. The molecule has 1 aromatic carbocycles. The second-order valence-corrected chi connectivity index (χ2v) is 6.11. The Balaban J connectivity index is 1.88. The molecule has 1 atom stereocenters. The van der Waals surface area contributed by atoms with E-state index >= 15 is 0 Å². The van der Waals surface area contributed by atoms with Crippen molar-refractivity contribution in [3.8, 4) is 0 Å². The standard InChI is InChI=1S/C15H19Cl2NO2/c16-13-5-3-12(14(17)8-13)4-6-15(20)18-7-1-2-11(9-18)10-19/h3,5,8,11,19H,1-2,4,6-7,9-10H2. The van der Waals surface area contributed by atoms with Gasteiger partial charge in [-0.15, -0.1) is 0 Å². The topological polar surface area (TPSA) is 40.5 Å². The summed E-state index contributed by atoms with van der Waals surface area (Å²) >= 11 is 12.0. The second kappa shape index (κ2) is 7.30. The second-order valence-electron chi connectivity index (χ2n) is 5.27. The predicted octanol–water partition coefficient (Wildman–Crippen LogP) is 3.16. The van der Waals surface area contributed by atoms with Crippen molar-refractivity contribution >= 4 is 29.1 Å². The summed E-state index contributed by atoms with van der Waals surface area (Å²) in [5, 5.41) is 10.4. The normalized spacial score (nSPS) is 19.1. The number of hydrogen-bond donors (Lipinski definition) is 1. The average molecular weight is 316 g/mol. The van der Waals surface area contributed by atoms with Gasteiger partial charge in [0.05, 0.1) is 0 Å². The molecule has 0 aliphatic carbocycles. The number of benzene rings is 1. The number of amides is 1. The molecular weight excluding hydrogens is 297 g/mol. The maximum atomic E-state index is 12.2. The number of aryl methyl sites for hydroxylation is 1. The highest BCUT2D eigenvalue weighted by molar-refractivity contribution is 6.35. The minimum Gasteiger partial charge on any atom is -0.396 e. The van der Waals surface area contributed by atoms with Gasteiger partial charge in [-0.1, -0.05) is 29.3 Å². The Morgan fingerprint density at radius 1 is 1.40 bits per heavy atom. The lowest BCUT2D eigenvalue weighted by molar-refractivity contribution is -0.133. The first-order valence-corrected chi connectivity index (χ1v) is 7.68. The van der Waals surface area contributed by atoms with Crippen LogP contribution >= 0.6 is 23.2 Å². The molecule has 5 heteroatoms. The average Bonchev–Trinajstić information content (AvgIpc) is 2.46. The molecule has 110 valence electrons. The number of piperidine rings is 1. The maximum absolute atomic E-state index is 12.2. The molecule has 1 amide bonds. The van der Waals surface area contributed by atoms with Gasteiger partial charge in [-0.2, -0.15) is 0 Å². The van der Waals surface area contributed by atoms with E-state index < -0.39 is 0 Å². The first kappa shape index (κ1) is 15.6. The molecule has 1 N–H and O–H groups in total. The Morgan fingerprint density at radius 3 is 2.90 bits per heavy atom. The van der Waals surface area contributed by atoms with Gasteiger partial charge < -0.3 is 10.0 Å². The smallest absolute Gasteiger partial charge is 0.222 e. The number of hydrogen-bond acceptors (Lipinski definition) is 2. The number of nitrogens with zero attached hydrogens (tertiary/aromatic N) is 1. The third-order valence-corrected chi connectivity index (χ3v) is 4.34. The largest absolute Gasteiger partial charge is 0.396 e.